The van der Waals surface area contributed by atoms with Crippen LogP contribution in [0.5, 0.6) is 11.5 Å². The molecule has 0 aliphatic carbocycles. The van der Waals surface area contributed by atoms with Crippen LogP contribution < -0.4 is 14.8 Å². The molecule has 0 aliphatic rings. The van der Waals surface area contributed by atoms with Crippen LogP contribution in [0.3, 0.4) is 0 Å². The first-order chi connectivity index (χ1) is 13.2. The second kappa shape index (κ2) is 9.09. The van der Waals surface area contributed by atoms with E-state index in [1.54, 1.807) is 14.2 Å². The van der Waals surface area contributed by atoms with Gasteiger partial charge in [0, 0.05) is 12.1 Å². The third-order valence-electron chi connectivity index (χ3n) is 3.78. The Morgan fingerprint density at radius 2 is 1.89 bits per heavy atom. The Morgan fingerprint density at radius 1 is 1.11 bits per heavy atom. The third kappa shape index (κ3) is 5.01. The Hall–Kier alpha value is -3.00. The summed E-state index contributed by atoms with van der Waals surface area (Å²) in [7, 11) is 3.17. The summed E-state index contributed by atoms with van der Waals surface area (Å²) >= 11 is 1.28. The van der Waals surface area contributed by atoms with E-state index in [1.165, 1.54) is 11.8 Å². The van der Waals surface area contributed by atoms with Crippen molar-refractivity contribution in [2.45, 2.75) is 11.7 Å². The number of ether oxygens (including phenoxy) is 2. The maximum Gasteiger partial charge on any atom is 0.230 e. The van der Waals surface area contributed by atoms with E-state index in [2.05, 4.69) is 20.5 Å². The number of methoxy groups -OCH3 is 2. The highest BCUT2D eigenvalue weighted by molar-refractivity contribution is 7.99. The monoisotopic (exact) mass is 384 g/mol. The fourth-order valence-electron chi connectivity index (χ4n) is 2.41. The quantitative estimate of drug-likeness (QED) is 0.581. The van der Waals surface area contributed by atoms with Crippen LogP contribution in [-0.4, -0.2) is 41.1 Å². The normalized spacial score (nSPS) is 10.4. The van der Waals surface area contributed by atoms with Gasteiger partial charge in [-0.1, -0.05) is 48.2 Å². The molecule has 0 unspecified atom stereocenters. The van der Waals surface area contributed by atoms with Crippen molar-refractivity contribution in [1.82, 2.24) is 20.5 Å². The molecule has 0 aliphatic heterocycles. The van der Waals surface area contributed by atoms with E-state index in [0.717, 1.165) is 11.1 Å². The summed E-state index contributed by atoms with van der Waals surface area (Å²) in [6.07, 6.45) is 0. The lowest BCUT2D eigenvalue weighted by atomic mass is 10.2. The van der Waals surface area contributed by atoms with Gasteiger partial charge < -0.3 is 14.8 Å². The summed E-state index contributed by atoms with van der Waals surface area (Å²) in [5.74, 6) is 2.11. The van der Waals surface area contributed by atoms with Crippen LogP contribution in [0.25, 0.3) is 11.4 Å². The number of carbonyl (C=O) groups excluding carboxylic acids is 1. The van der Waals surface area contributed by atoms with Gasteiger partial charge in [0.05, 0.1) is 20.0 Å². The second-order valence-electron chi connectivity index (χ2n) is 5.59. The molecular formula is C19H20N4O3S. The van der Waals surface area contributed by atoms with Crippen LogP contribution in [-0.2, 0) is 11.3 Å². The number of H-pyrrole nitrogens is 1. The molecular weight excluding hydrogens is 364 g/mol. The maximum atomic E-state index is 12.1. The van der Waals surface area contributed by atoms with Gasteiger partial charge in [0.1, 0.15) is 0 Å². The topological polar surface area (TPSA) is 89.1 Å². The van der Waals surface area contributed by atoms with E-state index in [1.807, 2.05) is 48.5 Å². The number of nitrogens with zero attached hydrogens (tertiary/aromatic N) is 2. The highest BCUT2D eigenvalue weighted by Crippen LogP contribution is 2.27. The minimum atomic E-state index is -0.0964. The van der Waals surface area contributed by atoms with E-state index < -0.39 is 0 Å². The number of hydrogen-bond donors (Lipinski definition) is 2. The van der Waals surface area contributed by atoms with Crippen molar-refractivity contribution < 1.29 is 14.3 Å². The average Bonchev–Trinajstić information content (AvgIpc) is 3.20. The molecule has 0 saturated carbocycles. The van der Waals surface area contributed by atoms with E-state index in [4.69, 9.17) is 9.47 Å². The Balaban J connectivity index is 1.50. The van der Waals surface area contributed by atoms with Crippen molar-refractivity contribution in [3.8, 4) is 22.9 Å². The van der Waals surface area contributed by atoms with E-state index in [-0.39, 0.29) is 11.7 Å². The van der Waals surface area contributed by atoms with Gasteiger partial charge in [-0.05, 0) is 17.7 Å². The van der Waals surface area contributed by atoms with Crippen LogP contribution in [0.2, 0.25) is 0 Å². The predicted octanol–water partition coefficient (Wildman–Crippen LogP) is 2.90. The Morgan fingerprint density at radius 3 is 2.63 bits per heavy atom. The minimum absolute atomic E-state index is 0.0964. The lowest BCUT2D eigenvalue weighted by molar-refractivity contribution is -0.118. The number of amides is 1. The SMILES string of the molecule is COc1ccc(CNC(=O)CSc2n[nH]c(-c3ccccc3)n2)cc1OC. The molecule has 1 aromatic heterocycles. The van der Waals surface area contributed by atoms with Gasteiger partial charge in [0.25, 0.3) is 0 Å². The largest absolute Gasteiger partial charge is 0.493 e. The molecule has 140 valence electrons. The number of thioether (sulfide) groups is 1. The molecule has 3 rings (SSSR count). The molecule has 0 bridgehead atoms. The van der Waals surface area contributed by atoms with Crippen molar-refractivity contribution in [2.75, 3.05) is 20.0 Å². The Labute approximate surface area is 161 Å². The van der Waals surface area contributed by atoms with Crippen LogP contribution in [0.4, 0.5) is 0 Å². The minimum Gasteiger partial charge on any atom is -0.493 e. The summed E-state index contributed by atoms with van der Waals surface area (Å²) in [5, 5.41) is 10.4. The molecule has 0 radical (unpaired) electrons. The molecule has 0 spiro atoms. The molecule has 0 saturated heterocycles. The summed E-state index contributed by atoms with van der Waals surface area (Å²) in [4.78, 5) is 16.5. The maximum absolute atomic E-state index is 12.1. The number of carbonyl (C=O) groups is 1. The predicted molar refractivity (Wildman–Crippen MR) is 104 cm³/mol. The Kier molecular flexibility index (Phi) is 6.32. The lowest BCUT2D eigenvalue weighted by Gasteiger charge is -2.10. The smallest absolute Gasteiger partial charge is 0.230 e. The van der Waals surface area contributed by atoms with E-state index >= 15 is 0 Å². The highest BCUT2D eigenvalue weighted by atomic mass is 32.2. The molecule has 27 heavy (non-hydrogen) atoms. The van der Waals surface area contributed by atoms with Gasteiger partial charge >= 0.3 is 0 Å². The van der Waals surface area contributed by atoms with E-state index in [0.29, 0.717) is 29.0 Å². The fourth-order valence-corrected chi connectivity index (χ4v) is 3.04. The lowest BCUT2D eigenvalue weighted by Crippen LogP contribution is -2.24. The number of hydrogen-bond acceptors (Lipinski definition) is 6. The van der Waals surface area contributed by atoms with Gasteiger partial charge in [-0.15, -0.1) is 5.10 Å². The average molecular weight is 384 g/mol. The zero-order valence-corrected chi connectivity index (χ0v) is 15.9. The summed E-state index contributed by atoms with van der Waals surface area (Å²) in [6, 6.07) is 15.3. The number of aromatic amines is 1. The summed E-state index contributed by atoms with van der Waals surface area (Å²) in [5.41, 5.74) is 1.88. The molecule has 3 aromatic rings. The van der Waals surface area contributed by atoms with Gasteiger partial charge in [0.2, 0.25) is 11.1 Å². The molecule has 7 nitrogen and oxygen atoms in total. The van der Waals surface area contributed by atoms with Crippen molar-refractivity contribution in [3.63, 3.8) is 0 Å². The number of rotatable bonds is 8. The van der Waals surface area contributed by atoms with Crippen molar-refractivity contribution >= 4 is 17.7 Å². The standard InChI is InChI=1S/C19H20N4O3S/c1-25-15-9-8-13(10-16(15)26-2)11-20-17(24)12-27-19-21-18(22-23-19)14-6-4-3-5-7-14/h3-10H,11-12H2,1-2H3,(H,20,24)(H,21,22,23). The Bertz CT molecular complexity index is 899. The molecule has 1 amide bonds. The first kappa shape index (κ1) is 18.8. The van der Waals surface area contributed by atoms with Crippen molar-refractivity contribution in [3.05, 3.63) is 54.1 Å². The highest BCUT2D eigenvalue weighted by Gasteiger charge is 2.10. The molecule has 0 fully saturated rings. The van der Waals surface area contributed by atoms with Crippen LogP contribution >= 0.6 is 11.8 Å². The van der Waals surface area contributed by atoms with Crippen LogP contribution in [0.1, 0.15) is 5.56 Å². The van der Waals surface area contributed by atoms with Crippen LogP contribution in [0, 0.1) is 0 Å². The number of benzene rings is 2. The first-order valence-electron chi connectivity index (χ1n) is 8.28. The van der Waals surface area contributed by atoms with Crippen molar-refractivity contribution in [1.29, 1.82) is 0 Å². The van der Waals surface area contributed by atoms with Gasteiger partial charge in [0.15, 0.2) is 17.3 Å². The van der Waals surface area contributed by atoms with Gasteiger partial charge in [-0.3, -0.25) is 9.89 Å². The number of nitrogens with one attached hydrogen (secondary N) is 2. The van der Waals surface area contributed by atoms with Gasteiger partial charge in [-0.2, -0.15) is 0 Å². The summed E-state index contributed by atoms with van der Waals surface area (Å²) in [6.45, 7) is 0.406. The second-order valence-corrected chi connectivity index (χ2v) is 6.53. The van der Waals surface area contributed by atoms with E-state index in [9.17, 15) is 4.79 Å². The van der Waals surface area contributed by atoms with Crippen molar-refractivity contribution in [2.24, 2.45) is 0 Å². The van der Waals surface area contributed by atoms with Gasteiger partial charge in [-0.25, -0.2) is 4.98 Å². The first-order valence-corrected chi connectivity index (χ1v) is 9.26. The molecule has 8 heteroatoms. The molecule has 2 aromatic carbocycles. The zero-order chi connectivity index (χ0) is 19.1. The molecule has 2 N–H and O–H groups in total. The molecule has 0 atom stereocenters. The third-order valence-corrected chi connectivity index (χ3v) is 4.63. The number of aromatic nitrogens is 3. The summed E-state index contributed by atoms with van der Waals surface area (Å²) < 4.78 is 10.5. The zero-order valence-electron chi connectivity index (χ0n) is 15.1. The van der Waals surface area contributed by atoms with Crippen LogP contribution in [0.15, 0.2) is 53.7 Å². The molecule has 1 heterocycles. The fraction of sp³-hybridized carbons (Fsp3) is 0.211.